The van der Waals surface area contributed by atoms with Crippen LogP contribution in [0.1, 0.15) is 77.1 Å². The van der Waals surface area contributed by atoms with Crippen LogP contribution in [0.15, 0.2) is 103 Å². The summed E-state index contributed by atoms with van der Waals surface area (Å²) in [5.74, 6) is 0.337. The van der Waals surface area contributed by atoms with Crippen molar-refractivity contribution in [3.63, 3.8) is 0 Å². The van der Waals surface area contributed by atoms with Crippen LogP contribution in [0.25, 0.3) is 27.4 Å². The lowest BCUT2D eigenvalue weighted by atomic mass is 9.93. The number of allylic oxidation sites excluding steroid dienone is 1. The van der Waals surface area contributed by atoms with Crippen molar-refractivity contribution in [2.45, 2.75) is 57.9 Å². The zero-order chi connectivity index (χ0) is 36.8. The molecule has 2 aliphatic heterocycles. The number of nitrogens with zero attached hydrogens (tertiary/aromatic N) is 4. The van der Waals surface area contributed by atoms with Crippen LogP contribution in [0.2, 0.25) is 10.0 Å². The number of ketones is 1. The monoisotopic (exact) mass is 746 g/mol. The number of halogens is 3. The number of hydrogen-bond donors (Lipinski definition) is 0. The van der Waals surface area contributed by atoms with E-state index in [-0.39, 0.29) is 33.8 Å². The van der Waals surface area contributed by atoms with E-state index in [9.17, 15) is 0 Å². The largest absolute Gasteiger partial charge is 0.357 e. The summed E-state index contributed by atoms with van der Waals surface area (Å²) in [4.78, 5) is 19.7. The number of para-hydroxylation sites is 2. The predicted octanol–water partition coefficient (Wildman–Crippen LogP) is 11.2. The smallest absolute Gasteiger partial charge is 0.198 e. The minimum absolute atomic E-state index is 0.139. The zero-order valence-electron chi connectivity index (χ0n) is 30.6. The molecule has 8 heteroatoms. The lowest BCUT2D eigenvalue weighted by Gasteiger charge is -2.34. The van der Waals surface area contributed by atoms with Crippen LogP contribution < -0.4 is 0 Å². The maximum absolute atomic E-state index is 16.4. The topological polar surface area (TPSA) is 33.4 Å². The van der Waals surface area contributed by atoms with Crippen molar-refractivity contribution < 1.29 is 9.18 Å². The van der Waals surface area contributed by atoms with E-state index in [4.69, 9.17) is 23.2 Å². The molecule has 2 fully saturated rings. The molecule has 5 nitrogen and oxygen atoms in total. The quantitative estimate of drug-likeness (QED) is 0.103. The van der Waals surface area contributed by atoms with Gasteiger partial charge < -0.3 is 18.9 Å². The van der Waals surface area contributed by atoms with E-state index >= 15 is 9.18 Å². The van der Waals surface area contributed by atoms with Gasteiger partial charge in [0.2, 0.25) is 0 Å². The van der Waals surface area contributed by atoms with E-state index in [1.807, 2.05) is 6.92 Å². The first kappa shape index (κ1) is 35.5. The number of likely N-dealkylation sites (tertiary alicyclic amines) is 2. The molecule has 272 valence electrons. The van der Waals surface area contributed by atoms with E-state index in [0.717, 1.165) is 38.0 Å². The van der Waals surface area contributed by atoms with Crippen LogP contribution in [0.4, 0.5) is 4.39 Å². The minimum Gasteiger partial charge on any atom is -0.357 e. The van der Waals surface area contributed by atoms with Gasteiger partial charge in [-0.1, -0.05) is 91.1 Å². The number of aromatic nitrogens is 2. The number of rotatable bonds is 10. The number of hydrogen-bond acceptors (Lipinski definition) is 3. The third-order valence-corrected chi connectivity index (χ3v) is 12.3. The highest BCUT2D eigenvalue weighted by Gasteiger charge is 2.39. The third kappa shape index (κ3) is 6.44. The van der Waals surface area contributed by atoms with Crippen molar-refractivity contribution >= 4 is 56.4 Å². The summed E-state index contributed by atoms with van der Waals surface area (Å²) in [6.45, 7) is 7.86. The molecule has 8 rings (SSSR count). The molecule has 0 saturated carbocycles. The lowest BCUT2D eigenvalue weighted by molar-refractivity contribution is 0.105. The number of carbonyl (C=O) groups excluding carboxylic acids is 1. The van der Waals surface area contributed by atoms with Gasteiger partial charge in [0.1, 0.15) is 11.6 Å². The number of Topliss-reactive ketones (excluding diaryl/α,β-unsaturated/α-hetero) is 1. The summed E-state index contributed by atoms with van der Waals surface area (Å²) < 4.78 is 21.0. The molecular formula is C45H45Cl2FN4O. The molecule has 0 aliphatic carbocycles. The summed E-state index contributed by atoms with van der Waals surface area (Å²) >= 11 is 13.8. The normalized spacial score (nSPS) is 18.1. The van der Waals surface area contributed by atoms with E-state index in [1.165, 1.54) is 39.0 Å². The maximum Gasteiger partial charge on any atom is 0.198 e. The summed E-state index contributed by atoms with van der Waals surface area (Å²) in [6, 6.07) is 27.3. The van der Waals surface area contributed by atoms with Gasteiger partial charge in [-0.25, -0.2) is 4.39 Å². The molecule has 0 amide bonds. The van der Waals surface area contributed by atoms with Gasteiger partial charge >= 0.3 is 0 Å². The number of fused-ring (bicyclic) bond motifs is 2. The highest BCUT2D eigenvalue weighted by molar-refractivity contribution is 6.41. The predicted molar refractivity (Wildman–Crippen MR) is 216 cm³/mol. The molecule has 2 saturated heterocycles. The van der Waals surface area contributed by atoms with Gasteiger partial charge in [0.15, 0.2) is 5.78 Å². The Bertz CT molecular complexity index is 2370. The van der Waals surface area contributed by atoms with Crippen LogP contribution in [-0.4, -0.2) is 50.9 Å². The van der Waals surface area contributed by atoms with Crippen molar-refractivity contribution in [3.8, 4) is 0 Å². The molecule has 0 bridgehead atoms. The maximum atomic E-state index is 16.4. The first-order chi connectivity index (χ1) is 25.7. The van der Waals surface area contributed by atoms with Crippen LogP contribution in [0.3, 0.4) is 0 Å². The Balaban J connectivity index is 1.28. The van der Waals surface area contributed by atoms with E-state index in [0.29, 0.717) is 42.3 Å². The van der Waals surface area contributed by atoms with Gasteiger partial charge in [0.25, 0.3) is 0 Å². The average molecular weight is 748 g/mol. The van der Waals surface area contributed by atoms with Crippen LogP contribution >= 0.6 is 23.2 Å². The van der Waals surface area contributed by atoms with Gasteiger partial charge in [-0.15, -0.1) is 0 Å². The van der Waals surface area contributed by atoms with E-state index in [2.05, 4.69) is 93.8 Å². The SMILES string of the molecule is CCCCn1cc(C2CCN(C(=C(C(=O)c3ccccc3Cl)c3c(F)ccc(C)c3Cl)N3CCC(c4cn(C)c5ccccc45)C3)C2)c2ccccc21. The Morgan fingerprint density at radius 1 is 0.792 bits per heavy atom. The summed E-state index contributed by atoms with van der Waals surface area (Å²) in [5.41, 5.74) is 6.52. The fourth-order valence-electron chi connectivity index (χ4n) is 8.73. The molecule has 2 aliphatic rings. The second-order valence-corrected chi connectivity index (χ2v) is 15.6. The van der Waals surface area contributed by atoms with Gasteiger partial charge in [0.05, 0.1) is 15.6 Å². The number of unbranched alkanes of at least 4 members (excludes halogenated alkanes) is 1. The van der Waals surface area contributed by atoms with Crippen molar-refractivity contribution in [1.29, 1.82) is 0 Å². The summed E-state index contributed by atoms with van der Waals surface area (Å²) in [7, 11) is 2.09. The van der Waals surface area contributed by atoms with Crippen molar-refractivity contribution in [3.05, 3.63) is 147 Å². The highest BCUT2D eigenvalue weighted by atomic mass is 35.5. The molecule has 0 N–H and O–H groups in total. The van der Waals surface area contributed by atoms with Gasteiger partial charge in [-0.2, -0.15) is 0 Å². The third-order valence-electron chi connectivity index (χ3n) is 11.5. The fraction of sp³-hybridized carbons (Fsp3) is 0.311. The molecule has 0 spiro atoms. The zero-order valence-corrected chi connectivity index (χ0v) is 32.1. The first-order valence-corrected chi connectivity index (χ1v) is 19.6. The molecular weight excluding hydrogens is 702 g/mol. The Morgan fingerprint density at radius 2 is 1.40 bits per heavy atom. The van der Waals surface area contributed by atoms with Crippen molar-refractivity contribution in [1.82, 2.24) is 18.9 Å². The molecule has 2 atom stereocenters. The Labute approximate surface area is 321 Å². The van der Waals surface area contributed by atoms with Gasteiger partial charge in [-0.05, 0) is 73.2 Å². The Morgan fingerprint density at radius 3 is 2.08 bits per heavy atom. The summed E-state index contributed by atoms with van der Waals surface area (Å²) in [5, 5.41) is 3.09. The number of benzene rings is 4. The van der Waals surface area contributed by atoms with Crippen molar-refractivity contribution in [2.75, 3.05) is 26.2 Å². The molecule has 2 aromatic heterocycles. The first-order valence-electron chi connectivity index (χ1n) is 18.8. The molecule has 4 aromatic carbocycles. The molecule has 53 heavy (non-hydrogen) atoms. The fourth-order valence-corrected chi connectivity index (χ4v) is 9.20. The Hall–Kier alpha value is -4.52. The second-order valence-electron chi connectivity index (χ2n) is 14.8. The van der Waals surface area contributed by atoms with Crippen LogP contribution in [0.5, 0.6) is 0 Å². The molecule has 4 heterocycles. The average Bonchev–Trinajstić information content (AvgIpc) is 3.98. The van der Waals surface area contributed by atoms with Gasteiger partial charge in [-0.3, -0.25) is 4.79 Å². The van der Waals surface area contributed by atoms with Crippen LogP contribution in [0, 0.1) is 12.7 Å². The molecule has 6 aromatic rings. The molecule has 2 unspecified atom stereocenters. The minimum atomic E-state index is -0.520. The molecule has 0 radical (unpaired) electrons. The second kappa shape index (κ2) is 14.7. The summed E-state index contributed by atoms with van der Waals surface area (Å²) in [6.07, 6.45) is 8.64. The van der Waals surface area contributed by atoms with E-state index in [1.54, 1.807) is 30.3 Å². The van der Waals surface area contributed by atoms with Gasteiger partial charge in [0, 0.05) is 96.9 Å². The number of carbonyl (C=O) groups is 1. The standard InChI is InChI=1S/C45H45Cl2FN4O/c1-4-5-22-50-28-36(33-13-8-11-17-40(33)50)31-21-24-52(26-31)45(51-23-20-30(25-51)35-27-49(3)39-16-10-7-12-32(35)39)42(41-38(48)19-18-29(2)43(41)47)44(53)34-14-6-9-15-37(34)46/h6-19,27-28,30-31H,4-5,20-26H2,1-3H3. The lowest BCUT2D eigenvalue weighted by Crippen LogP contribution is -2.35. The van der Waals surface area contributed by atoms with Crippen molar-refractivity contribution in [2.24, 2.45) is 7.05 Å². The van der Waals surface area contributed by atoms with E-state index < -0.39 is 5.82 Å². The van der Waals surface area contributed by atoms with Crippen LogP contribution in [-0.2, 0) is 13.6 Å². The highest BCUT2D eigenvalue weighted by Crippen LogP contribution is 2.44. The Kier molecular flexibility index (Phi) is 9.86. The number of aryl methyl sites for hydroxylation is 3.